The zero-order chi connectivity index (χ0) is 13.8. The van der Waals surface area contributed by atoms with E-state index in [1.54, 1.807) is 30.3 Å². The summed E-state index contributed by atoms with van der Waals surface area (Å²) in [7, 11) is 0. The minimum absolute atomic E-state index is 0.0666. The monoisotopic (exact) mass is 262 g/mol. The number of aliphatic carboxylic acids is 1. The highest BCUT2D eigenvalue weighted by Gasteiger charge is 2.42. The Hall–Kier alpha value is -2.17. The highest BCUT2D eigenvalue weighted by Crippen LogP contribution is 2.38. The Kier molecular flexibility index (Phi) is 3.94. The molecule has 0 aliphatic heterocycles. The summed E-state index contributed by atoms with van der Waals surface area (Å²) in [5, 5.41) is 8.63. The predicted molar refractivity (Wildman–Crippen MR) is 65.6 cm³/mol. The Balaban J connectivity index is 2.05. The molecule has 0 bridgehead atoms. The summed E-state index contributed by atoms with van der Waals surface area (Å²) in [6.45, 7) is 0. The molecule has 1 atom stereocenters. The van der Waals surface area contributed by atoms with Crippen molar-refractivity contribution >= 4 is 17.7 Å². The number of esters is 1. The van der Waals surface area contributed by atoms with Crippen LogP contribution in [-0.2, 0) is 14.4 Å². The van der Waals surface area contributed by atoms with Gasteiger partial charge in [-0.15, -0.1) is 0 Å². The average molecular weight is 262 g/mol. The quantitative estimate of drug-likeness (QED) is 0.479. The number of carbonyl (C=O) groups is 3. The molecule has 0 heterocycles. The number of hydrogen-bond acceptors (Lipinski definition) is 4. The van der Waals surface area contributed by atoms with E-state index in [0.29, 0.717) is 5.75 Å². The van der Waals surface area contributed by atoms with Gasteiger partial charge < -0.3 is 9.84 Å². The van der Waals surface area contributed by atoms with E-state index in [2.05, 4.69) is 0 Å². The molecule has 1 aliphatic rings. The minimum Gasteiger partial charge on any atom is -0.481 e. The lowest BCUT2D eigenvalue weighted by molar-refractivity contribution is -0.147. The van der Waals surface area contributed by atoms with Crippen molar-refractivity contribution in [3.8, 4) is 5.75 Å². The SMILES string of the molecule is O=C(O)CC(=O)C(C(=O)Oc1ccccc1)C1CC1. The van der Waals surface area contributed by atoms with Gasteiger partial charge in [-0.3, -0.25) is 14.4 Å². The molecule has 1 N–H and O–H groups in total. The van der Waals surface area contributed by atoms with Gasteiger partial charge in [0.15, 0.2) is 5.78 Å². The predicted octanol–water partition coefficient (Wildman–Crippen LogP) is 1.66. The zero-order valence-corrected chi connectivity index (χ0v) is 10.2. The summed E-state index contributed by atoms with van der Waals surface area (Å²) in [5.74, 6) is -3.10. The molecule has 1 fully saturated rings. The summed E-state index contributed by atoms with van der Waals surface area (Å²) in [4.78, 5) is 34.3. The Bertz CT molecular complexity index is 490. The lowest BCUT2D eigenvalue weighted by atomic mass is 9.96. The van der Waals surface area contributed by atoms with Crippen LogP contribution in [-0.4, -0.2) is 22.8 Å². The fraction of sp³-hybridized carbons (Fsp3) is 0.357. The van der Waals surface area contributed by atoms with Gasteiger partial charge in [0.2, 0.25) is 0 Å². The molecule has 1 unspecified atom stereocenters. The summed E-state index contributed by atoms with van der Waals surface area (Å²) in [6, 6.07) is 8.44. The van der Waals surface area contributed by atoms with Crippen LogP contribution in [0.25, 0.3) is 0 Å². The van der Waals surface area contributed by atoms with Crippen LogP contribution < -0.4 is 4.74 Å². The maximum atomic E-state index is 12.0. The average Bonchev–Trinajstić information content (AvgIpc) is 3.14. The van der Waals surface area contributed by atoms with E-state index >= 15 is 0 Å². The second kappa shape index (κ2) is 5.65. The first kappa shape index (κ1) is 13.3. The molecular weight excluding hydrogens is 248 g/mol. The summed E-state index contributed by atoms with van der Waals surface area (Å²) in [6.07, 6.45) is 0.894. The first-order valence-corrected chi connectivity index (χ1v) is 6.09. The van der Waals surface area contributed by atoms with Gasteiger partial charge in [-0.25, -0.2) is 0 Å². The van der Waals surface area contributed by atoms with Crippen LogP contribution in [0.2, 0.25) is 0 Å². The molecule has 1 saturated carbocycles. The first-order chi connectivity index (χ1) is 9.08. The van der Waals surface area contributed by atoms with Crippen molar-refractivity contribution in [3.63, 3.8) is 0 Å². The highest BCUT2D eigenvalue weighted by molar-refractivity contribution is 6.06. The molecule has 1 aliphatic carbocycles. The lowest BCUT2D eigenvalue weighted by Crippen LogP contribution is -2.31. The second-order valence-electron chi connectivity index (χ2n) is 4.59. The molecule has 1 aromatic rings. The van der Waals surface area contributed by atoms with E-state index in [1.165, 1.54) is 0 Å². The van der Waals surface area contributed by atoms with Gasteiger partial charge in [0.05, 0.1) is 0 Å². The highest BCUT2D eigenvalue weighted by atomic mass is 16.5. The fourth-order valence-corrected chi connectivity index (χ4v) is 1.94. The molecule has 5 heteroatoms. The van der Waals surface area contributed by atoms with Gasteiger partial charge in [-0.2, -0.15) is 0 Å². The van der Waals surface area contributed by atoms with Crippen molar-refractivity contribution in [1.82, 2.24) is 0 Å². The first-order valence-electron chi connectivity index (χ1n) is 6.09. The second-order valence-corrected chi connectivity index (χ2v) is 4.59. The number of carboxylic acid groups (broad SMARTS) is 1. The van der Waals surface area contributed by atoms with Crippen molar-refractivity contribution < 1.29 is 24.2 Å². The minimum atomic E-state index is -1.22. The van der Waals surface area contributed by atoms with E-state index in [-0.39, 0.29) is 5.92 Å². The molecule has 0 saturated heterocycles. The van der Waals surface area contributed by atoms with E-state index in [1.807, 2.05) is 0 Å². The molecule has 100 valence electrons. The van der Waals surface area contributed by atoms with Gasteiger partial charge in [0.25, 0.3) is 0 Å². The number of Topliss-reactive ketones (excluding diaryl/α,β-unsaturated/α-hetero) is 1. The number of carboxylic acids is 1. The van der Waals surface area contributed by atoms with Crippen molar-refractivity contribution in [2.45, 2.75) is 19.3 Å². The van der Waals surface area contributed by atoms with Crippen LogP contribution in [0.1, 0.15) is 19.3 Å². The van der Waals surface area contributed by atoms with Gasteiger partial charge in [-0.05, 0) is 30.9 Å². The molecule has 19 heavy (non-hydrogen) atoms. The Morgan fingerprint density at radius 1 is 1.21 bits per heavy atom. The molecule has 0 amide bonds. The summed E-state index contributed by atoms with van der Waals surface area (Å²) >= 11 is 0. The smallest absolute Gasteiger partial charge is 0.322 e. The number of ketones is 1. The van der Waals surface area contributed by atoms with E-state index in [0.717, 1.165) is 12.8 Å². The molecule has 1 aromatic carbocycles. The number of ether oxygens (including phenoxy) is 1. The van der Waals surface area contributed by atoms with Crippen molar-refractivity contribution in [1.29, 1.82) is 0 Å². The Morgan fingerprint density at radius 2 is 1.84 bits per heavy atom. The normalized spacial score (nSPS) is 15.6. The maximum Gasteiger partial charge on any atom is 0.322 e. The largest absolute Gasteiger partial charge is 0.481 e. The van der Waals surface area contributed by atoms with Crippen molar-refractivity contribution in [2.24, 2.45) is 11.8 Å². The topological polar surface area (TPSA) is 80.7 Å². The van der Waals surface area contributed by atoms with E-state index in [9.17, 15) is 14.4 Å². The van der Waals surface area contributed by atoms with Gasteiger partial charge in [0, 0.05) is 0 Å². The van der Waals surface area contributed by atoms with Crippen molar-refractivity contribution in [2.75, 3.05) is 0 Å². The fourth-order valence-electron chi connectivity index (χ4n) is 1.94. The third kappa shape index (κ3) is 3.64. The Morgan fingerprint density at radius 3 is 2.37 bits per heavy atom. The number of para-hydroxylation sites is 1. The van der Waals surface area contributed by atoms with Crippen LogP contribution in [0.3, 0.4) is 0 Å². The molecular formula is C14H14O5. The third-order valence-electron chi connectivity index (χ3n) is 2.98. The Labute approximate surface area is 110 Å². The zero-order valence-electron chi connectivity index (χ0n) is 10.2. The van der Waals surface area contributed by atoms with E-state index < -0.39 is 30.1 Å². The number of hydrogen-bond donors (Lipinski definition) is 1. The molecule has 0 radical (unpaired) electrons. The van der Waals surface area contributed by atoms with Crippen LogP contribution in [0.4, 0.5) is 0 Å². The van der Waals surface area contributed by atoms with Gasteiger partial charge in [0.1, 0.15) is 18.1 Å². The van der Waals surface area contributed by atoms with Gasteiger partial charge in [-0.1, -0.05) is 18.2 Å². The number of benzene rings is 1. The van der Waals surface area contributed by atoms with Crippen LogP contribution in [0.15, 0.2) is 30.3 Å². The lowest BCUT2D eigenvalue weighted by Gasteiger charge is -2.13. The summed E-state index contributed by atoms with van der Waals surface area (Å²) in [5.41, 5.74) is 0. The molecule has 5 nitrogen and oxygen atoms in total. The third-order valence-corrected chi connectivity index (χ3v) is 2.98. The number of rotatable bonds is 6. The molecule has 0 spiro atoms. The summed E-state index contributed by atoms with van der Waals surface area (Å²) < 4.78 is 5.13. The molecule has 0 aromatic heterocycles. The van der Waals surface area contributed by atoms with Crippen LogP contribution >= 0.6 is 0 Å². The molecule has 2 rings (SSSR count). The van der Waals surface area contributed by atoms with Crippen LogP contribution in [0, 0.1) is 11.8 Å². The van der Waals surface area contributed by atoms with Crippen LogP contribution in [0.5, 0.6) is 5.75 Å². The standard InChI is InChI=1S/C14H14O5/c15-11(8-12(16)17)13(9-6-7-9)14(18)19-10-4-2-1-3-5-10/h1-5,9,13H,6-8H2,(H,16,17). The number of carbonyl (C=O) groups excluding carboxylic acids is 2. The maximum absolute atomic E-state index is 12.0. The van der Waals surface area contributed by atoms with E-state index in [4.69, 9.17) is 9.84 Å². The van der Waals surface area contributed by atoms with Gasteiger partial charge >= 0.3 is 11.9 Å². The van der Waals surface area contributed by atoms with Crippen molar-refractivity contribution in [3.05, 3.63) is 30.3 Å².